The number of likely N-dealkylation sites (N-methyl/N-ethyl adjacent to an activating group) is 1. The summed E-state index contributed by atoms with van der Waals surface area (Å²) in [5, 5.41) is 7.66. The van der Waals surface area contributed by atoms with Gasteiger partial charge in [-0.2, -0.15) is 5.10 Å². The molecule has 1 N–H and O–H groups in total. The zero-order valence-corrected chi connectivity index (χ0v) is 16.5. The molecule has 1 saturated heterocycles. The van der Waals surface area contributed by atoms with Crippen molar-refractivity contribution in [2.75, 3.05) is 26.7 Å². The molecular weight excluding hydrogens is 371 g/mol. The Morgan fingerprint density at radius 3 is 2.90 bits per heavy atom. The van der Waals surface area contributed by atoms with E-state index in [-0.39, 0.29) is 18.1 Å². The first-order chi connectivity index (χ1) is 14.1. The molecule has 7 nitrogen and oxygen atoms in total. The number of hydrogen-bond donors (Lipinski definition) is 1. The number of hydrogen-bond acceptors (Lipinski definition) is 5. The van der Waals surface area contributed by atoms with Crippen molar-refractivity contribution in [3.05, 3.63) is 53.7 Å². The van der Waals surface area contributed by atoms with Gasteiger partial charge in [0.25, 0.3) is 0 Å². The maximum absolute atomic E-state index is 13.7. The van der Waals surface area contributed by atoms with Crippen LogP contribution in [0.15, 0.2) is 36.7 Å². The average molecular weight is 396 g/mol. The van der Waals surface area contributed by atoms with Gasteiger partial charge >= 0.3 is 0 Å². The Kier molecular flexibility index (Phi) is 5.80. The van der Waals surface area contributed by atoms with Crippen LogP contribution in [0.3, 0.4) is 0 Å². The van der Waals surface area contributed by atoms with E-state index in [1.54, 1.807) is 30.6 Å². The van der Waals surface area contributed by atoms with E-state index in [1.807, 2.05) is 4.68 Å². The summed E-state index contributed by atoms with van der Waals surface area (Å²) in [6, 6.07) is 6.55. The number of aromatic nitrogens is 4. The van der Waals surface area contributed by atoms with Gasteiger partial charge in [0.05, 0.1) is 12.2 Å². The normalized spacial score (nSPS) is 17.1. The second-order valence-corrected chi connectivity index (χ2v) is 7.53. The van der Waals surface area contributed by atoms with E-state index in [0.29, 0.717) is 31.0 Å². The lowest BCUT2D eigenvalue weighted by atomic mass is 10.0. The Morgan fingerprint density at radius 2 is 2.10 bits per heavy atom. The third-order valence-corrected chi connectivity index (χ3v) is 5.40. The lowest BCUT2D eigenvalue weighted by Gasteiger charge is -2.08. The van der Waals surface area contributed by atoms with E-state index in [9.17, 15) is 9.18 Å². The van der Waals surface area contributed by atoms with Gasteiger partial charge in [0.15, 0.2) is 5.65 Å². The molecule has 1 amide bonds. The first-order valence-electron chi connectivity index (χ1n) is 9.98. The number of carbonyl (C=O) groups excluding carboxylic acids is 1. The van der Waals surface area contributed by atoms with Gasteiger partial charge in [-0.05, 0) is 38.1 Å². The number of amides is 1. The molecule has 1 unspecified atom stereocenters. The monoisotopic (exact) mass is 396 g/mol. The number of nitrogens with zero attached hydrogens (tertiary/aromatic N) is 5. The molecule has 0 saturated carbocycles. The fourth-order valence-electron chi connectivity index (χ4n) is 3.85. The maximum Gasteiger partial charge on any atom is 0.220 e. The van der Waals surface area contributed by atoms with E-state index >= 15 is 0 Å². The van der Waals surface area contributed by atoms with E-state index in [4.69, 9.17) is 5.10 Å². The molecule has 4 rings (SSSR count). The van der Waals surface area contributed by atoms with Crippen molar-refractivity contribution in [1.82, 2.24) is 30.0 Å². The molecule has 29 heavy (non-hydrogen) atoms. The predicted molar refractivity (Wildman–Crippen MR) is 108 cm³/mol. The van der Waals surface area contributed by atoms with Gasteiger partial charge in [-0.3, -0.25) is 4.79 Å². The lowest BCUT2D eigenvalue weighted by molar-refractivity contribution is -0.121. The highest BCUT2D eigenvalue weighted by molar-refractivity contribution is 5.76. The molecule has 0 radical (unpaired) electrons. The number of likely N-dealkylation sites (tertiary alicyclic amines) is 1. The minimum Gasteiger partial charge on any atom is -0.354 e. The van der Waals surface area contributed by atoms with Crippen molar-refractivity contribution in [3.8, 4) is 0 Å². The van der Waals surface area contributed by atoms with Gasteiger partial charge in [-0.25, -0.2) is 19.0 Å². The van der Waals surface area contributed by atoms with Crippen molar-refractivity contribution < 1.29 is 9.18 Å². The average Bonchev–Trinajstić information content (AvgIpc) is 3.31. The van der Waals surface area contributed by atoms with Crippen LogP contribution in [0, 0.1) is 5.82 Å². The SMILES string of the molecule is CN1CCC(c2nn(CCNC(=O)CCc3ccccc3F)c3nccnc23)C1. The number of rotatable bonds is 7. The van der Waals surface area contributed by atoms with Gasteiger partial charge in [0.2, 0.25) is 5.91 Å². The Hall–Kier alpha value is -2.87. The Balaban J connectivity index is 1.36. The number of carbonyl (C=O) groups is 1. The zero-order chi connectivity index (χ0) is 20.2. The molecule has 1 aromatic carbocycles. The smallest absolute Gasteiger partial charge is 0.220 e. The second kappa shape index (κ2) is 8.65. The molecular formula is C21H25FN6O. The summed E-state index contributed by atoms with van der Waals surface area (Å²) in [5.41, 5.74) is 3.14. The Bertz CT molecular complexity index is 1000. The summed E-state index contributed by atoms with van der Waals surface area (Å²) in [6.07, 6.45) is 5.05. The summed E-state index contributed by atoms with van der Waals surface area (Å²) < 4.78 is 15.5. The summed E-state index contributed by atoms with van der Waals surface area (Å²) in [4.78, 5) is 23.4. The summed E-state index contributed by atoms with van der Waals surface area (Å²) in [6.45, 7) is 2.98. The number of benzene rings is 1. The highest BCUT2D eigenvalue weighted by Gasteiger charge is 2.27. The first kappa shape index (κ1) is 19.4. The highest BCUT2D eigenvalue weighted by atomic mass is 19.1. The summed E-state index contributed by atoms with van der Waals surface area (Å²) in [7, 11) is 2.11. The quantitative estimate of drug-likeness (QED) is 0.662. The van der Waals surface area contributed by atoms with E-state index in [1.165, 1.54) is 6.07 Å². The third-order valence-electron chi connectivity index (χ3n) is 5.40. The standard InChI is InChI=1S/C21H25FN6O/c1-27-12-8-16(14-27)19-20-21(25-10-9-24-20)28(26-19)13-11-23-18(29)7-6-15-4-2-3-5-17(15)22/h2-5,9-10,16H,6-8,11-14H2,1H3,(H,23,29). The summed E-state index contributed by atoms with van der Waals surface area (Å²) in [5.74, 6) is -0.0174. The molecule has 1 aliphatic heterocycles. The third kappa shape index (κ3) is 4.42. The van der Waals surface area contributed by atoms with Gasteiger partial charge < -0.3 is 10.2 Å². The van der Waals surface area contributed by atoms with Crippen molar-refractivity contribution >= 4 is 17.1 Å². The van der Waals surface area contributed by atoms with Crippen molar-refractivity contribution in [1.29, 1.82) is 0 Å². The molecule has 3 aromatic rings. The number of fused-ring (bicyclic) bond motifs is 1. The fraction of sp³-hybridized carbons (Fsp3) is 0.429. The zero-order valence-electron chi connectivity index (χ0n) is 16.5. The molecule has 2 aromatic heterocycles. The van der Waals surface area contributed by atoms with Crippen molar-refractivity contribution in [2.45, 2.75) is 31.7 Å². The van der Waals surface area contributed by atoms with Crippen LogP contribution in [0.5, 0.6) is 0 Å². The lowest BCUT2D eigenvalue weighted by Crippen LogP contribution is -2.27. The molecule has 1 fully saturated rings. The molecule has 0 aliphatic carbocycles. The molecule has 3 heterocycles. The number of nitrogens with one attached hydrogen (secondary N) is 1. The fourth-order valence-corrected chi connectivity index (χ4v) is 3.85. The van der Waals surface area contributed by atoms with Gasteiger partial charge in [0, 0.05) is 37.8 Å². The Labute approximate surface area is 168 Å². The van der Waals surface area contributed by atoms with E-state index in [0.717, 1.165) is 36.4 Å². The predicted octanol–water partition coefficient (Wildman–Crippen LogP) is 2.13. The van der Waals surface area contributed by atoms with Crippen molar-refractivity contribution in [2.24, 2.45) is 0 Å². The topological polar surface area (TPSA) is 75.9 Å². The van der Waals surface area contributed by atoms with Crippen LogP contribution in [-0.4, -0.2) is 57.2 Å². The van der Waals surface area contributed by atoms with Gasteiger partial charge in [-0.15, -0.1) is 0 Å². The van der Waals surface area contributed by atoms with Crippen LogP contribution in [-0.2, 0) is 17.8 Å². The maximum atomic E-state index is 13.7. The minimum absolute atomic E-state index is 0.103. The van der Waals surface area contributed by atoms with Crippen molar-refractivity contribution in [3.63, 3.8) is 0 Å². The van der Waals surface area contributed by atoms with Crippen LogP contribution in [0.2, 0.25) is 0 Å². The van der Waals surface area contributed by atoms with Gasteiger partial charge in [-0.1, -0.05) is 18.2 Å². The summed E-state index contributed by atoms with van der Waals surface area (Å²) >= 11 is 0. The Morgan fingerprint density at radius 1 is 1.28 bits per heavy atom. The molecule has 1 aliphatic rings. The molecule has 0 spiro atoms. The molecule has 152 valence electrons. The van der Waals surface area contributed by atoms with Crippen LogP contribution in [0.1, 0.15) is 30.0 Å². The van der Waals surface area contributed by atoms with Gasteiger partial charge in [0.1, 0.15) is 11.3 Å². The number of halogens is 1. The molecule has 1 atom stereocenters. The minimum atomic E-state index is -0.271. The van der Waals surface area contributed by atoms with Crippen LogP contribution < -0.4 is 5.32 Å². The highest BCUT2D eigenvalue weighted by Crippen LogP contribution is 2.29. The number of aryl methyl sites for hydroxylation is 1. The van der Waals surface area contributed by atoms with Crippen LogP contribution in [0.25, 0.3) is 11.2 Å². The van der Waals surface area contributed by atoms with E-state index < -0.39 is 0 Å². The largest absolute Gasteiger partial charge is 0.354 e. The first-order valence-corrected chi connectivity index (χ1v) is 9.98. The molecule has 0 bridgehead atoms. The van der Waals surface area contributed by atoms with E-state index in [2.05, 4.69) is 27.2 Å². The van der Waals surface area contributed by atoms with Crippen LogP contribution in [0.4, 0.5) is 4.39 Å². The molecule has 8 heteroatoms. The second-order valence-electron chi connectivity index (χ2n) is 7.53. The van der Waals surface area contributed by atoms with Crippen LogP contribution >= 0.6 is 0 Å².